The molecule has 3 nitrogen and oxygen atoms in total. The van der Waals surface area contributed by atoms with E-state index in [1.165, 1.54) is 0 Å². The number of likely N-dealkylation sites (tertiary alicyclic amines) is 1. The number of halogens is 1. The van der Waals surface area contributed by atoms with Crippen LogP contribution in [0.3, 0.4) is 0 Å². The van der Waals surface area contributed by atoms with Crippen molar-refractivity contribution in [3.63, 3.8) is 0 Å². The molecule has 0 spiro atoms. The average Bonchev–Trinajstić information content (AvgIpc) is 2.93. The first kappa shape index (κ1) is 16.3. The molecule has 0 aromatic heterocycles. The summed E-state index contributed by atoms with van der Waals surface area (Å²) in [6.07, 6.45) is 3.58. The van der Waals surface area contributed by atoms with Gasteiger partial charge in [0.2, 0.25) is 5.91 Å². The lowest BCUT2D eigenvalue weighted by Gasteiger charge is -2.26. The van der Waals surface area contributed by atoms with E-state index in [0.717, 1.165) is 42.9 Å². The van der Waals surface area contributed by atoms with Crippen LogP contribution >= 0.6 is 11.6 Å². The summed E-state index contributed by atoms with van der Waals surface area (Å²) in [4.78, 5) is 14.5. The topological polar surface area (TPSA) is 32.3 Å². The minimum absolute atomic E-state index is 0.157. The third-order valence-electron chi connectivity index (χ3n) is 3.96. The van der Waals surface area contributed by atoms with E-state index in [1.54, 1.807) is 0 Å². The van der Waals surface area contributed by atoms with E-state index in [0.29, 0.717) is 12.5 Å². The zero-order valence-corrected chi connectivity index (χ0v) is 13.7. The van der Waals surface area contributed by atoms with Gasteiger partial charge in [-0.2, -0.15) is 0 Å². The Bertz CT molecular complexity index is 476. The highest BCUT2D eigenvalue weighted by Crippen LogP contribution is 2.35. The third-order valence-corrected chi connectivity index (χ3v) is 4.30. The minimum Gasteiger partial charge on any atom is -0.336 e. The average molecular weight is 309 g/mol. The Hall–Kier alpha value is -1.06. The van der Waals surface area contributed by atoms with E-state index in [1.807, 2.05) is 29.2 Å². The molecule has 0 aliphatic carbocycles. The van der Waals surface area contributed by atoms with Gasteiger partial charge in [0, 0.05) is 24.0 Å². The van der Waals surface area contributed by atoms with Crippen LogP contribution < -0.4 is 5.32 Å². The van der Waals surface area contributed by atoms with Gasteiger partial charge >= 0.3 is 0 Å². The van der Waals surface area contributed by atoms with Gasteiger partial charge in [0.05, 0.1) is 6.04 Å². The molecular weight excluding hydrogens is 284 g/mol. The summed E-state index contributed by atoms with van der Waals surface area (Å²) in [5.41, 5.74) is 1.09. The van der Waals surface area contributed by atoms with Gasteiger partial charge in [0.25, 0.3) is 0 Å². The first-order valence-corrected chi connectivity index (χ1v) is 8.24. The van der Waals surface area contributed by atoms with Crippen LogP contribution in [0.5, 0.6) is 0 Å². The van der Waals surface area contributed by atoms with E-state index in [9.17, 15) is 4.79 Å². The van der Waals surface area contributed by atoms with Crippen LogP contribution in [0.4, 0.5) is 0 Å². The number of amides is 1. The molecule has 1 saturated heterocycles. The lowest BCUT2D eigenvalue weighted by Crippen LogP contribution is -2.31. The maximum Gasteiger partial charge on any atom is 0.223 e. The Balaban J connectivity index is 1.92. The van der Waals surface area contributed by atoms with Gasteiger partial charge in [-0.05, 0) is 37.4 Å². The van der Waals surface area contributed by atoms with Gasteiger partial charge in [-0.3, -0.25) is 4.79 Å². The zero-order chi connectivity index (χ0) is 15.2. The fourth-order valence-corrected chi connectivity index (χ4v) is 3.17. The summed E-state index contributed by atoms with van der Waals surface area (Å²) >= 11 is 6.29. The predicted molar refractivity (Wildman–Crippen MR) is 87.5 cm³/mol. The van der Waals surface area contributed by atoms with Crippen molar-refractivity contribution >= 4 is 17.5 Å². The standard InChI is InChI=1S/C17H25ClN2O/c1-13(2)19-11-5-10-17(21)20-12-6-9-16(20)14-7-3-4-8-15(14)18/h3-4,7-8,13,16,19H,5-6,9-12H2,1-2H3. The smallest absolute Gasteiger partial charge is 0.223 e. The number of carbonyl (C=O) groups excluding carboxylic acids is 1. The fourth-order valence-electron chi connectivity index (χ4n) is 2.91. The second-order valence-corrected chi connectivity index (χ2v) is 6.39. The maximum atomic E-state index is 12.4. The molecule has 1 aromatic rings. The molecule has 1 atom stereocenters. The number of nitrogens with zero attached hydrogens (tertiary/aromatic N) is 1. The Morgan fingerprint density at radius 2 is 2.19 bits per heavy atom. The molecule has 4 heteroatoms. The fraction of sp³-hybridized carbons (Fsp3) is 0.588. The van der Waals surface area contributed by atoms with Gasteiger partial charge in [-0.1, -0.05) is 43.6 Å². The molecule has 1 N–H and O–H groups in total. The van der Waals surface area contributed by atoms with Gasteiger partial charge < -0.3 is 10.2 Å². The van der Waals surface area contributed by atoms with Crippen LogP contribution in [-0.2, 0) is 4.79 Å². The van der Waals surface area contributed by atoms with Crippen molar-refractivity contribution in [2.45, 2.75) is 51.6 Å². The molecule has 0 bridgehead atoms. The molecule has 1 unspecified atom stereocenters. The second kappa shape index (κ2) is 7.81. The van der Waals surface area contributed by atoms with Crippen LogP contribution in [0, 0.1) is 0 Å². The lowest BCUT2D eigenvalue weighted by atomic mass is 10.0. The molecule has 1 aliphatic rings. The summed E-state index contributed by atoms with van der Waals surface area (Å²) < 4.78 is 0. The lowest BCUT2D eigenvalue weighted by molar-refractivity contribution is -0.132. The zero-order valence-electron chi connectivity index (χ0n) is 12.9. The molecule has 1 heterocycles. The van der Waals surface area contributed by atoms with Crippen LogP contribution in [0.2, 0.25) is 5.02 Å². The number of nitrogens with one attached hydrogen (secondary N) is 1. The number of hydrogen-bond acceptors (Lipinski definition) is 2. The van der Waals surface area contributed by atoms with E-state index >= 15 is 0 Å². The maximum absolute atomic E-state index is 12.4. The first-order chi connectivity index (χ1) is 10.1. The summed E-state index contributed by atoms with van der Waals surface area (Å²) in [7, 11) is 0. The van der Waals surface area contributed by atoms with Crippen LogP contribution in [0.25, 0.3) is 0 Å². The van der Waals surface area contributed by atoms with Crippen molar-refractivity contribution in [1.29, 1.82) is 0 Å². The van der Waals surface area contributed by atoms with E-state index in [2.05, 4.69) is 19.2 Å². The van der Waals surface area contributed by atoms with E-state index < -0.39 is 0 Å². The van der Waals surface area contributed by atoms with Gasteiger partial charge in [-0.15, -0.1) is 0 Å². The van der Waals surface area contributed by atoms with E-state index in [4.69, 9.17) is 11.6 Å². The van der Waals surface area contributed by atoms with Gasteiger partial charge in [0.1, 0.15) is 0 Å². The first-order valence-electron chi connectivity index (χ1n) is 7.87. The summed E-state index contributed by atoms with van der Waals surface area (Å²) in [5.74, 6) is 0.253. The monoisotopic (exact) mass is 308 g/mol. The highest BCUT2D eigenvalue weighted by molar-refractivity contribution is 6.31. The quantitative estimate of drug-likeness (QED) is 0.811. The van der Waals surface area contributed by atoms with Crippen LogP contribution in [-0.4, -0.2) is 29.9 Å². The predicted octanol–water partition coefficient (Wildman–Crippen LogP) is 3.78. The number of benzene rings is 1. The van der Waals surface area contributed by atoms with E-state index in [-0.39, 0.29) is 11.9 Å². The molecule has 1 amide bonds. The number of rotatable bonds is 6. The number of hydrogen-bond donors (Lipinski definition) is 1. The third kappa shape index (κ3) is 4.45. The molecule has 116 valence electrons. The molecular formula is C17H25ClN2O. The van der Waals surface area contributed by atoms with Crippen molar-refractivity contribution in [1.82, 2.24) is 10.2 Å². The Kier molecular flexibility index (Phi) is 6.07. The molecule has 1 fully saturated rings. The molecule has 2 rings (SSSR count). The van der Waals surface area contributed by atoms with Crippen molar-refractivity contribution < 1.29 is 4.79 Å². The Morgan fingerprint density at radius 3 is 2.90 bits per heavy atom. The SMILES string of the molecule is CC(C)NCCCC(=O)N1CCCC1c1ccccc1Cl. The molecule has 1 aliphatic heterocycles. The second-order valence-electron chi connectivity index (χ2n) is 5.98. The molecule has 21 heavy (non-hydrogen) atoms. The highest BCUT2D eigenvalue weighted by Gasteiger charge is 2.30. The summed E-state index contributed by atoms with van der Waals surface area (Å²) in [6.45, 7) is 5.99. The van der Waals surface area contributed by atoms with Crippen LogP contribution in [0.15, 0.2) is 24.3 Å². The van der Waals surface area contributed by atoms with Crippen molar-refractivity contribution in [3.8, 4) is 0 Å². The number of carbonyl (C=O) groups is 1. The molecule has 1 aromatic carbocycles. The van der Waals surface area contributed by atoms with Crippen LogP contribution in [0.1, 0.15) is 51.1 Å². The van der Waals surface area contributed by atoms with Crippen molar-refractivity contribution in [3.05, 3.63) is 34.9 Å². The van der Waals surface area contributed by atoms with Crippen molar-refractivity contribution in [2.75, 3.05) is 13.1 Å². The summed E-state index contributed by atoms with van der Waals surface area (Å²) in [5, 5.41) is 4.12. The van der Waals surface area contributed by atoms with Gasteiger partial charge in [0.15, 0.2) is 0 Å². The Morgan fingerprint density at radius 1 is 1.43 bits per heavy atom. The molecule has 0 saturated carbocycles. The largest absolute Gasteiger partial charge is 0.336 e. The normalized spacial score (nSPS) is 18.5. The molecule has 0 radical (unpaired) electrons. The minimum atomic E-state index is 0.157. The van der Waals surface area contributed by atoms with Crippen molar-refractivity contribution in [2.24, 2.45) is 0 Å². The van der Waals surface area contributed by atoms with Gasteiger partial charge in [-0.25, -0.2) is 0 Å². The summed E-state index contributed by atoms with van der Waals surface area (Å²) in [6, 6.07) is 8.51. The Labute approximate surface area is 132 Å². The highest BCUT2D eigenvalue weighted by atomic mass is 35.5.